The molecule has 3 fully saturated rings. The highest BCUT2D eigenvalue weighted by molar-refractivity contribution is 14.0. The first kappa shape index (κ1) is 23.6. The number of anilines is 1. The second-order valence-corrected chi connectivity index (χ2v) is 8.91. The average molecular weight is 527 g/mol. The van der Waals surface area contributed by atoms with E-state index in [4.69, 9.17) is 4.98 Å². The van der Waals surface area contributed by atoms with Crippen molar-refractivity contribution in [1.82, 2.24) is 20.5 Å². The van der Waals surface area contributed by atoms with Crippen LogP contribution in [0, 0.1) is 0 Å². The SMILES string of the molecule is CN=C(NCc1ccc(N2CCCCCC2)nc1)NC1CCN(C2CCCC2)C1.I. The van der Waals surface area contributed by atoms with Crippen molar-refractivity contribution >= 4 is 35.8 Å². The highest BCUT2D eigenvalue weighted by Gasteiger charge is 2.30. The smallest absolute Gasteiger partial charge is 0.191 e. The molecule has 1 aromatic rings. The molecule has 0 amide bonds. The highest BCUT2D eigenvalue weighted by Crippen LogP contribution is 2.26. The Labute approximate surface area is 199 Å². The van der Waals surface area contributed by atoms with E-state index >= 15 is 0 Å². The lowest BCUT2D eigenvalue weighted by molar-refractivity contribution is 0.242. The highest BCUT2D eigenvalue weighted by atomic mass is 127. The van der Waals surface area contributed by atoms with Crippen LogP contribution in [-0.4, -0.2) is 61.2 Å². The van der Waals surface area contributed by atoms with Crippen LogP contribution in [0.5, 0.6) is 0 Å². The van der Waals surface area contributed by atoms with Crippen molar-refractivity contribution in [3.8, 4) is 0 Å². The molecule has 2 N–H and O–H groups in total. The summed E-state index contributed by atoms with van der Waals surface area (Å²) < 4.78 is 0. The van der Waals surface area contributed by atoms with E-state index in [9.17, 15) is 0 Å². The molecular formula is C23H39IN6. The molecule has 1 atom stereocenters. The summed E-state index contributed by atoms with van der Waals surface area (Å²) in [7, 11) is 1.86. The van der Waals surface area contributed by atoms with Gasteiger partial charge in [-0.05, 0) is 43.7 Å². The first-order valence-corrected chi connectivity index (χ1v) is 11.7. The third-order valence-electron chi connectivity index (χ3n) is 6.82. The number of pyridine rings is 1. The fraction of sp³-hybridized carbons (Fsp3) is 0.739. The van der Waals surface area contributed by atoms with Gasteiger partial charge in [0.25, 0.3) is 0 Å². The molecule has 0 spiro atoms. The molecule has 0 aromatic carbocycles. The maximum atomic E-state index is 4.72. The summed E-state index contributed by atoms with van der Waals surface area (Å²) in [5.74, 6) is 2.02. The largest absolute Gasteiger partial charge is 0.357 e. The zero-order chi connectivity index (χ0) is 19.9. The van der Waals surface area contributed by atoms with Gasteiger partial charge in [-0.2, -0.15) is 0 Å². The summed E-state index contributed by atoms with van der Waals surface area (Å²) in [5, 5.41) is 7.10. The topological polar surface area (TPSA) is 55.8 Å². The number of rotatable bonds is 5. The van der Waals surface area contributed by atoms with Gasteiger partial charge >= 0.3 is 0 Å². The quantitative estimate of drug-likeness (QED) is 0.348. The first-order chi connectivity index (χ1) is 14.3. The third-order valence-corrected chi connectivity index (χ3v) is 6.82. The molecule has 0 bridgehead atoms. The van der Waals surface area contributed by atoms with Gasteiger partial charge < -0.3 is 15.5 Å². The molecule has 2 saturated heterocycles. The number of nitrogens with zero attached hydrogens (tertiary/aromatic N) is 4. The normalized spacial score (nSPS) is 23.8. The summed E-state index contributed by atoms with van der Waals surface area (Å²) in [4.78, 5) is 14.3. The Balaban J connectivity index is 0.00000256. The van der Waals surface area contributed by atoms with E-state index in [1.165, 1.54) is 69.9 Å². The molecule has 168 valence electrons. The van der Waals surface area contributed by atoms with E-state index in [1.807, 2.05) is 13.2 Å². The molecular weight excluding hydrogens is 487 g/mol. The van der Waals surface area contributed by atoms with E-state index in [1.54, 1.807) is 0 Å². The fourth-order valence-electron chi connectivity index (χ4n) is 5.09. The number of guanidine groups is 1. The van der Waals surface area contributed by atoms with Crippen LogP contribution in [0.2, 0.25) is 0 Å². The first-order valence-electron chi connectivity index (χ1n) is 11.7. The molecule has 1 aliphatic carbocycles. The molecule has 2 aliphatic heterocycles. The zero-order valence-electron chi connectivity index (χ0n) is 18.5. The Bertz CT molecular complexity index is 650. The Morgan fingerprint density at radius 3 is 2.47 bits per heavy atom. The Morgan fingerprint density at radius 1 is 1.03 bits per heavy atom. The van der Waals surface area contributed by atoms with Crippen molar-refractivity contribution in [3.05, 3.63) is 23.9 Å². The van der Waals surface area contributed by atoms with Crippen LogP contribution in [0.15, 0.2) is 23.3 Å². The predicted molar refractivity (Wildman–Crippen MR) is 136 cm³/mol. The van der Waals surface area contributed by atoms with Gasteiger partial charge in [-0.25, -0.2) is 4.98 Å². The molecule has 3 aliphatic rings. The van der Waals surface area contributed by atoms with Gasteiger partial charge in [0.1, 0.15) is 5.82 Å². The van der Waals surface area contributed by atoms with Crippen molar-refractivity contribution in [2.75, 3.05) is 38.1 Å². The second kappa shape index (κ2) is 12.1. The number of hydrogen-bond donors (Lipinski definition) is 2. The van der Waals surface area contributed by atoms with E-state index in [0.717, 1.165) is 44.0 Å². The zero-order valence-corrected chi connectivity index (χ0v) is 20.8. The lowest BCUT2D eigenvalue weighted by atomic mass is 10.2. The van der Waals surface area contributed by atoms with Crippen LogP contribution in [0.1, 0.15) is 63.4 Å². The molecule has 6 nitrogen and oxygen atoms in total. The van der Waals surface area contributed by atoms with E-state index in [-0.39, 0.29) is 24.0 Å². The Hall–Kier alpha value is -1.09. The van der Waals surface area contributed by atoms with Gasteiger partial charge in [0.05, 0.1) is 0 Å². The van der Waals surface area contributed by atoms with Crippen LogP contribution in [-0.2, 0) is 6.54 Å². The molecule has 4 rings (SSSR count). The van der Waals surface area contributed by atoms with E-state index in [0.29, 0.717) is 6.04 Å². The van der Waals surface area contributed by atoms with Gasteiger partial charge in [-0.1, -0.05) is 31.7 Å². The minimum Gasteiger partial charge on any atom is -0.357 e. The van der Waals surface area contributed by atoms with Crippen LogP contribution in [0.4, 0.5) is 5.82 Å². The van der Waals surface area contributed by atoms with Crippen LogP contribution < -0.4 is 15.5 Å². The Kier molecular flexibility index (Phi) is 9.49. The van der Waals surface area contributed by atoms with Gasteiger partial charge in [-0.3, -0.25) is 9.89 Å². The number of aliphatic imine (C=N–C) groups is 1. The lowest BCUT2D eigenvalue weighted by Crippen LogP contribution is -2.45. The molecule has 1 unspecified atom stereocenters. The van der Waals surface area contributed by atoms with E-state index < -0.39 is 0 Å². The molecule has 7 heteroatoms. The Morgan fingerprint density at radius 2 is 1.80 bits per heavy atom. The molecule has 3 heterocycles. The monoisotopic (exact) mass is 526 g/mol. The minimum atomic E-state index is 0. The molecule has 1 saturated carbocycles. The van der Waals surface area contributed by atoms with Crippen molar-refractivity contribution in [3.63, 3.8) is 0 Å². The summed E-state index contributed by atoms with van der Waals surface area (Å²) in [6.45, 7) is 5.41. The summed E-state index contributed by atoms with van der Waals surface area (Å²) >= 11 is 0. The fourth-order valence-corrected chi connectivity index (χ4v) is 5.09. The third kappa shape index (κ3) is 6.45. The van der Waals surface area contributed by atoms with Gasteiger partial charge in [0.15, 0.2) is 5.96 Å². The number of aromatic nitrogens is 1. The number of nitrogens with one attached hydrogen (secondary N) is 2. The van der Waals surface area contributed by atoms with Gasteiger partial charge in [0.2, 0.25) is 0 Å². The van der Waals surface area contributed by atoms with Crippen molar-refractivity contribution < 1.29 is 0 Å². The number of hydrogen-bond acceptors (Lipinski definition) is 4. The van der Waals surface area contributed by atoms with Crippen LogP contribution >= 0.6 is 24.0 Å². The predicted octanol–water partition coefficient (Wildman–Crippen LogP) is 3.76. The summed E-state index contributed by atoms with van der Waals surface area (Å²) in [5.41, 5.74) is 1.20. The van der Waals surface area contributed by atoms with Gasteiger partial charge in [0, 0.05) is 58.1 Å². The second-order valence-electron chi connectivity index (χ2n) is 8.91. The minimum absolute atomic E-state index is 0. The van der Waals surface area contributed by atoms with E-state index in [2.05, 4.69) is 37.6 Å². The van der Waals surface area contributed by atoms with Crippen LogP contribution in [0.25, 0.3) is 0 Å². The molecule has 0 radical (unpaired) electrons. The number of likely N-dealkylation sites (tertiary alicyclic amines) is 1. The standard InChI is InChI=1S/C23H38N6.HI/c1-24-23(27-20-12-15-29(18-20)21-8-4-5-9-21)26-17-19-10-11-22(25-16-19)28-13-6-2-3-7-14-28;/h10-11,16,20-21H,2-9,12-15,17-18H2,1H3,(H2,24,26,27);1H. The van der Waals surface area contributed by atoms with Gasteiger partial charge in [-0.15, -0.1) is 24.0 Å². The molecule has 30 heavy (non-hydrogen) atoms. The number of halogens is 1. The average Bonchev–Trinajstić information content (AvgIpc) is 3.38. The van der Waals surface area contributed by atoms with Crippen LogP contribution in [0.3, 0.4) is 0 Å². The summed E-state index contributed by atoms with van der Waals surface area (Å²) in [6.07, 6.45) is 14.1. The maximum absolute atomic E-state index is 4.72. The van der Waals surface area contributed by atoms with Crippen molar-refractivity contribution in [2.45, 2.75) is 76.4 Å². The maximum Gasteiger partial charge on any atom is 0.191 e. The lowest BCUT2D eigenvalue weighted by Gasteiger charge is -2.24. The summed E-state index contributed by atoms with van der Waals surface area (Å²) in [6, 6.07) is 5.70. The van der Waals surface area contributed by atoms with Crippen molar-refractivity contribution in [1.29, 1.82) is 0 Å². The van der Waals surface area contributed by atoms with Crippen molar-refractivity contribution in [2.24, 2.45) is 4.99 Å². The molecule has 1 aromatic heterocycles.